The van der Waals surface area contributed by atoms with Gasteiger partial charge < -0.3 is 14.8 Å². The number of aromatic nitrogens is 1. The van der Waals surface area contributed by atoms with Crippen LogP contribution in [0.25, 0.3) is 0 Å². The molecule has 0 aliphatic carbocycles. The van der Waals surface area contributed by atoms with Crippen molar-refractivity contribution in [2.45, 2.75) is 17.8 Å². The lowest BCUT2D eigenvalue weighted by Gasteiger charge is -2.14. The Balaban J connectivity index is 1.69. The summed E-state index contributed by atoms with van der Waals surface area (Å²) in [7, 11) is -3.53. The summed E-state index contributed by atoms with van der Waals surface area (Å²) in [6, 6.07) is 12.8. The van der Waals surface area contributed by atoms with Crippen LogP contribution in [0.1, 0.15) is 15.9 Å². The first-order chi connectivity index (χ1) is 15.4. The Morgan fingerprint density at radius 1 is 1.09 bits per heavy atom. The number of pyridine rings is 1. The average molecular weight is 545 g/mol. The normalized spacial score (nSPS) is 11.7. The van der Waals surface area contributed by atoms with Gasteiger partial charge in [0, 0.05) is 35.1 Å². The van der Waals surface area contributed by atoms with E-state index in [4.69, 9.17) is 4.74 Å². The molecule has 1 amide bonds. The quantitative estimate of drug-likeness (QED) is 0.456. The molecule has 0 aliphatic heterocycles. The first-order valence-corrected chi connectivity index (χ1v) is 11.9. The number of nitrogens with one attached hydrogen (secondary N) is 1. The van der Waals surface area contributed by atoms with E-state index in [1.165, 1.54) is 42.6 Å². The van der Waals surface area contributed by atoms with Crippen LogP contribution >= 0.6 is 15.9 Å². The Hall–Kier alpha value is -3.12. The zero-order valence-electron chi connectivity index (χ0n) is 16.9. The summed E-state index contributed by atoms with van der Waals surface area (Å²) in [6.07, 6.45) is -2.63. The van der Waals surface area contributed by atoms with Crippen molar-refractivity contribution in [2.75, 3.05) is 6.26 Å². The molecule has 0 atom stereocenters. The largest absolute Gasteiger partial charge is 0.573 e. The molecule has 3 aromatic rings. The lowest BCUT2D eigenvalue weighted by molar-refractivity contribution is -0.274. The molecule has 3 rings (SSSR count). The lowest BCUT2D eigenvalue weighted by Crippen LogP contribution is -2.24. The van der Waals surface area contributed by atoms with Gasteiger partial charge in [0.1, 0.15) is 16.4 Å². The predicted octanol–water partition coefficient (Wildman–Crippen LogP) is 4.87. The van der Waals surface area contributed by atoms with Crippen molar-refractivity contribution in [3.8, 4) is 17.4 Å². The van der Waals surface area contributed by atoms with E-state index in [1.54, 1.807) is 12.1 Å². The Labute approximate surface area is 195 Å². The molecule has 0 saturated carbocycles. The van der Waals surface area contributed by atoms with Gasteiger partial charge in [-0.15, -0.1) is 13.2 Å². The van der Waals surface area contributed by atoms with Crippen molar-refractivity contribution in [3.05, 3.63) is 76.4 Å². The second-order valence-electron chi connectivity index (χ2n) is 6.69. The van der Waals surface area contributed by atoms with E-state index in [1.807, 2.05) is 0 Å². The van der Waals surface area contributed by atoms with Crippen LogP contribution in [0.5, 0.6) is 17.4 Å². The standard InChI is InChI=1S/C21H16BrF3N2O5S/c1-33(29,30)18-5-3-2-4-16(18)31-19-9-7-14(12-26-19)20(28)27-11-13-6-8-15(22)10-17(13)32-21(23,24)25/h2-10,12H,11H2,1H3,(H,27,28). The summed E-state index contributed by atoms with van der Waals surface area (Å²) in [5, 5.41) is 2.50. The monoisotopic (exact) mass is 544 g/mol. The number of benzene rings is 2. The Bertz CT molecular complexity index is 1270. The minimum absolute atomic E-state index is 0.0139. The second kappa shape index (κ2) is 9.79. The summed E-state index contributed by atoms with van der Waals surface area (Å²) < 4.78 is 71.5. The van der Waals surface area contributed by atoms with Gasteiger partial charge in [-0.1, -0.05) is 34.1 Å². The first-order valence-electron chi connectivity index (χ1n) is 9.18. The van der Waals surface area contributed by atoms with Crippen molar-refractivity contribution in [2.24, 2.45) is 0 Å². The van der Waals surface area contributed by atoms with Crippen LogP contribution in [0.3, 0.4) is 0 Å². The minimum atomic E-state index is -4.88. The summed E-state index contributed by atoms with van der Waals surface area (Å²) >= 11 is 3.08. The van der Waals surface area contributed by atoms with Crippen molar-refractivity contribution >= 4 is 31.7 Å². The number of sulfone groups is 1. The number of halogens is 4. The molecule has 33 heavy (non-hydrogen) atoms. The van der Waals surface area contributed by atoms with Crippen LogP contribution < -0.4 is 14.8 Å². The molecule has 174 valence electrons. The number of hydrogen-bond acceptors (Lipinski definition) is 6. The van der Waals surface area contributed by atoms with Crippen molar-refractivity contribution in [1.82, 2.24) is 10.3 Å². The number of nitrogens with zero attached hydrogens (tertiary/aromatic N) is 1. The number of amides is 1. The molecule has 0 spiro atoms. The number of rotatable bonds is 7. The van der Waals surface area contributed by atoms with Gasteiger partial charge in [0.2, 0.25) is 5.88 Å². The van der Waals surface area contributed by atoms with Gasteiger partial charge in [0.15, 0.2) is 9.84 Å². The summed E-state index contributed by atoms with van der Waals surface area (Å²) in [6.45, 7) is -0.225. The second-order valence-corrected chi connectivity index (χ2v) is 9.59. The molecule has 12 heteroatoms. The molecule has 1 heterocycles. The number of ether oxygens (including phenoxy) is 2. The Morgan fingerprint density at radius 2 is 1.82 bits per heavy atom. The van der Waals surface area contributed by atoms with E-state index in [9.17, 15) is 26.4 Å². The fraction of sp³-hybridized carbons (Fsp3) is 0.143. The molecule has 7 nitrogen and oxygen atoms in total. The van der Waals surface area contributed by atoms with Crippen molar-refractivity contribution < 1.29 is 35.9 Å². The molecule has 0 saturated heterocycles. The molecule has 0 unspecified atom stereocenters. The number of carbonyl (C=O) groups excluding carboxylic acids is 1. The number of carbonyl (C=O) groups is 1. The molecule has 1 N–H and O–H groups in total. The topological polar surface area (TPSA) is 94.6 Å². The third-order valence-electron chi connectivity index (χ3n) is 4.16. The first kappa shape index (κ1) is 24.5. The highest BCUT2D eigenvalue weighted by Crippen LogP contribution is 2.30. The van der Waals surface area contributed by atoms with E-state index in [0.29, 0.717) is 4.47 Å². The predicted molar refractivity (Wildman–Crippen MR) is 116 cm³/mol. The summed E-state index contributed by atoms with van der Waals surface area (Å²) in [5.74, 6) is -0.899. The van der Waals surface area contributed by atoms with Gasteiger partial charge in [0.05, 0.1) is 5.56 Å². The van der Waals surface area contributed by atoms with E-state index < -0.39 is 27.9 Å². The fourth-order valence-corrected chi connectivity index (χ4v) is 3.84. The maximum Gasteiger partial charge on any atom is 0.573 e. The van der Waals surface area contributed by atoms with Crippen LogP contribution in [0.15, 0.2) is 70.2 Å². The third-order valence-corrected chi connectivity index (χ3v) is 5.79. The van der Waals surface area contributed by atoms with E-state index >= 15 is 0 Å². The number of alkyl halides is 3. The van der Waals surface area contributed by atoms with Gasteiger partial charge in [-0.2, -0.15) is 0 Å². The molecule has 2 aromatic carbocycles. The summed E-state index contributed by atoms with van der Waals surface area (Å²) in [4.78, 5) is 16.4. The van der Waals surface area contributed by atoms with Crippen molar-refractivity contribution in [3.63, 3.8) is 0 Å². The number of para-hydroxylation sites is 1. The van der Waals surface area contributed by atoms with Gasteiger partial charge in [0.25, 0.3) is 5.91 Å². The molecule has 0 fully saturated rings. The molecule has 0 aliphatic rings. The molecular formula is C21H16BrF3N2O5S. The maximum atomic E-state index is 12.6. The third kappa shape index (κ3) is 6.93. The van der Waals surface area contributed by atoms with Gasteiger partial charge in [-0.05, 0) is 30.3 Å². The Kier molecular flexibility index (Phi) is 7.28. The number of hydrogen-bond donors (Lipinski definition) is 1. The van der Waals surface area contributed by atoms with Crippen LogP contribution in [0.2, 0.25) is 0 Å². The van der Waals surface area contributed by atoms with E-state index in [-0.39, 0.29) is 34.2 Å². The SMILES string of the molecule is CS(=O)(=O)c1ccccc1Oc1ccc(C(=O)NCc2ccc(Br)cc2OC(F)(F)F)cn1. The summed E-state index contributed by atoms with van der Waals surface area (Å²) in [5.41, 5.74) is 0.239. The van der Waals surface area contributed by atoms with Gasteiger partial charge in [-0.25, -0.2) is 13.4 Å². The molecule has 0 radical (unpaired) electrons. The molecule has 0 bridgehead atoms. The maximum absolute atomic E-state index is 12.6. The van der Waals surface area contributed by atoms with Crippen LogP contribution in [-0.4, -0.2) is 31.9 Å². The van der Waals surface area contributed by atoms with Crippen molar-refractivity contribution in [1.29, 1.82) is 0 Å². The van der Waals surface area contributed by atoms with Gasteiger partial charge >= 0.3 is 6.36 Å². The van der Waals surface area contributed by atoms with E-state index in [0.717, 1.165) is 12.3 Å². The smallest absolute Gasteiger partial charge is 0.438 e. The van der Waals surface area contributed by atoms with Gasteiger partial charge in [-0.3, -0.25) is 4.79 Å². The van der Waals surface area contributed by atoms with Crippen LogP contribution in [0, 0.1) is 0 Å². The van der Waals surface area contributed by atoms with E-state index in [2.05, 4.69) is 31.0 Å². The van der Waals surface area contributed by atoms with Crippen LogP contribution in [-0.2, 0) is 16.4 Å². The molecule has 1 aromatic heterocycles. The zero-order valence-corrected chi connectivity index (χ0v) is 19.3. The Morgan fingerprint density at radius 3 is 2.45 bits per heavy atom. The highest BCUT2D eigenvalue weighted by atomic mass is 79.9. The highest BCUT2D eigenvalue weighted by molar-refractivity contribution is 9.10. The highest BCUT2D eigenvalue weighted by Gasteiger charge is 2.32. The zero-order chi connectivity index (χ0) is 24.2. The molecular weight excluding hydrogens is 529 g/mol. The lowest BCUT2D eigenvalue weighted by atomic mass is 10.2. The average Bonchev–Trinajstić information content (AvgIpc) is 2.72. The van der Waals surface area contributed by atoms with Crippen LogP contribution in [0.4, 0.5) is 13.2 Å². The minimum Gasteiger partial charge on any atom is -0.438 e. The fourth-order valence-electron chi connectivity index (χ4n) is 2.70.